The summed E-state index contributed by atoms with van der Waals surface area (Å²) in [6, 6.07) is 6.18. The van der Waals surface area contributed by atoms with Crippen molar-refractivity contribution in [2.75, 3.05) is 41.4 Å². The summed E-state index contributed by atoms with van der Waals surface area (Å²) in [7, 11) is 7.59. The molecule has 106 valence electrons. The first-order valence-electron chi connectivity index (χ1n) is 6.75. The van der Waals surface area contributed by atoms with Gasteiger partial charge in [0.15, 0.2) is 0 Å². The quantitative estimate of drug-likeness (QED) is 0.880. The summed E-state index contributed by atoms with van der Waals surface area (Å²) in [4.78, 5) is 2.43. The van der Waals surface area contributed by atoms with Gasteiger partial charge in [-0.1, -0.05) is 0 Å². The van der Waals surface area contributed by atoms with E-state index >= 15 is 0 Å². The van der Waals surface area contributed by atoms with Gasteiger partial charge in [-0.2, -0.15) is 0 Å². The first-order valence-corrected chi connectivity index (χ1v) is 6.75. The monoisotopic (exact) mass is 264 g/mol. The fourth-order valence-electron chi connectivity index (χ4n) is 3.07. The maximum absolute atomic E-state index is 5.40. The molecule has 4 nitrogen and oxygen atoms in total. The van der Waals surface area contributed by atoms with Crippen molar-refractivity contribution in [1.29, 1.82) is 0 Å². The van der Waals surface area contributed by atoms with Crippen LogP contribution in [0.5, 0.6) is 11.5 Å². The summed E-state index contributed by atoms with van der Waals surface area (Å²) in [6.45, 7) is 2.06. The average molecular weight is 264 g/mol. The van der Waals surface area contributed by atoms with E-state index in [4.69, 9.17) is 9.47 Å². The number of methoxy groups -OCH3 is 2. The lowest BCUT2D eigenvalue weighted by atomic mass is 9.87. The number of rotatable bonds is 5. The van der Waals surface area contributed by atoms with Crippen LogP contribution in [-0.2, 0) is 5.54 Å². The van der Waals surface area contributed by atoms with Gasteiger partial charge in [0.05, 0.1) is 19.8 Å². The van der Waals surface area contributed by atoms with Crippen LogP contribution in [0.25, 0.3) is 0 Å². The van der Waals surface area contributed by atoms with Crippen LogP contribution >= 0.6 is 0 Å². The minimum Gasteiger partial charge on any atom is -0.497 e. The topological polar surface area (TPSA) is 33.7 Å². The van der Waals surface area contributed by atoms with Gasteiger partial charge in [0.1, 0.15) is 11.5 Å². The molecule has 1 aromatic rings. The Morgan fingerprint density at radius 2 is 1.84 bits per heavy atom. The van der Waals surface area contributed by atoms with Crippen molar-refractivity contribution in [3.05, 3.63) is 23.8 Å². The summed E-state index contributed by atoms with van der Waals surface area (Å²) < 4.78 is 10.8. The molecule has 1 aromatic carbocycles. The molecule has 1 atom stereocenters. The fraction of sp³-hybridized carbons (Fsp3) is 0.600. The van der Waals surface area contributed by atoms with Crippen LogP contribution in [-0.4, -0.2) is 46.3 Å². The van der Waals surface area contributed by atoms with E-state index in [1.807, 2.05) is 13.1 Å². The molecule has 0 radical (unpaired) electrons. The molecule has 0 aromatic heterocycles. The van der Waals surface area contributed by atoms with Crippen LogP contribution in [0.15, 0.2) is 18.2 Å². The van der Waals surface area contributed by atoms with Crippen LogP contribution in [0, 0.1) is 0 Å². The highest BCUT2D eigenvalue weighted by Gasteiger charge is 2.40. The lowest BCUT2D eigenvalue weighted by Crippen LogP contribution is -2.45. The lowest BCUT2D eigenvalue weighted by molar-refractivity contribution is 0.171. The van der Waals surface area contributed by atoms with Crippen LogP contribution < -0.4 is 14.8 Å². The molecule has 0 amide bonds. The second-order valence-corrected chi connectivity index (χ2v) is 5.19. The van der Waals surface area contributed by atoms with Gasteiger partial charge in [-0.3, -0.25) is 4.90 Å². The van der Waals surface area contributed by atoms with E-state index in [1.165, 1.54) is 12.0 Å². The fourth-order valence-corrected chi connectivity index (χ4v) is 3.07. The van der Waals surface area contributed by atoms with Gasteiger partial charge in [0, 0.05) is 12.6 Å². The van der Waals surface area contributed by atoms with Gasteiger partial charge in [-0.05, 0) is 51.2 Å². The minimum absolute atomic E-state index is 0.0383. The largest absolute Gasteiger partial charge is 0.497 e. The molecule has 1 aliphatic rings. The predicted octanol–water partition coefficient (Wildman–Crippen LogP) is 1.84. The second kappa shape index (κ2) is 5.80. The van der Waals surface area contributed by atoms with Gasteiger partial charge in [-0.25, -0.2) is 0 Å². The Morgan fingerprint density at radius 1 is 1.21 bits per heavy atom. The van der Waals surface area contributed by atoms with Crippen LogP contribution in [0.2, 0.25) is 0 Å². The Morgan fingerprint density at radius 3 is 2.26 bits per heavy atom. The van der Waals surface area contributed by atoms with Gasteiger partial charge in [0.25, 0.3) is 0 Å². The first-order chi connectivity index (χ1) is 9.16. The molecule has 1 heterocycles. The third kappa shape index (κ3) is 2.55. The minimum atomic E-state index is 0.0383. The standard InChI is InChI=1S/C15H24N2O2/c1-16-11-15(6-5-7-17(15)2)12-8-13(18-3)10-14(9-12)19-4/h8-10,16H,5-7,11H2,1-4H3. The second-order valence-electron chi connectivity index (χ2n) is 5.19. The molecular weight excluding hydrogens is 240 g/mol. The van der Waals surface area contributed by atoms with Crippen molar-refractivity contribution < 1.29 is 9.47 Å². The molecule has 19 heavy (non-hydrogen) atoms. The van der Waals surface area contributed by atoms with Crippen LogP contribution in [0.1, 0.15) is 18.4 Å². The molecule has 0 aliphatic carbocycles. The van der Waals surface area contributed by atoms with Crippen molar-refractivity contribution >= 4 is 0 Å². The highest BCUT2D eigenvalue weighted by Crippen LogP contribution is 2.40. The Kier molecular flexibility index (Phi) is 4.32. The molecule has 0 saturated carbocycles. The Balaban J connectivity index is 2.47. The molecule has 1 N–H and O–H groups in total. The lowest BCUT2D eigenvalue weighted by Gasteiger charge is -2.37. The maximum Gasteiger partial charge on any atom is 0.122 e. The summed E-state index contributed by atoms with van der Waals surface area (Å²) >= 11 is 0. The smallest absolute Gasteiger partial charge is 0.122 e. The van der Waals surface area contributed by atoms with Crippen molar-refractivity contribution in [1.82, 2.24) is 10.2 Å². The summed E-state index contributed by atoms with van der Waals surface area (Å²) in [6.07, 6.45) is 2.37. The summed E-state index contributed by atoms with van der Waals surface area (Å²) in [5.41, 5.74) is 1.30. The van der Waals surface area contributed by atoms with Crippen LogP contribution in [0.3, 0.4) is 0 Å². The Bertz CT molecular complexity index is 414. The van der Waals surface area contributed by atoms with Crippen molar-refractivity contribution in [3.63, 3.8) is 0 Å². The number of benzene rings is 1. The van der Waals surface area contributed by atoms with E-state index in [1.54, 1.807) is 14.2 Å². The van der Waals surface area contributed by atoms with Crippen molar-refractivity contribution in [3.8, 4) is 11.5 Å². The number of likely N-dealkylation sites (tertiary alicyclic amines) is 1. The number of hydrogen-bond acceptors (Lipinski definition) is 4. The van der Waals surface area contributed by atoms with Crippen molar-refractivity contribution in [2.24, 2.45) is 0 Å². The van der Waals surface area contributed by atoms with Crippen LogP contribution in [0.4, 0.5) is 0 Å². The third-order valence-corrected chi connectivity index (χ3v) is 4.17. The summed E-state index contributed by atoms with van der Waals surface area (Å²) in [5.74, 6) is 1.70. The van der Waals surface area contributed by atoms with Gasteiger partial charge in [-0.15, -0.1) is 0 Å². The molecule has 1 fully saturated rings. The maximum atomic E-state index is 5.40. The SMILES string of the molecule is CNCC1(c2cc(OC)cc(OC)c2)CCCN1C. The first kappa shape index (κ1) is 14.2. The molecule has 4 heteroatoms. The third-order valence-electron chi connectivity index (χ3n) is 4.17. The van der Waals surface area contributed by atoms with Crippen molar-refractivity contribution in [2.45, 2.75) is 18.4 Å². The zero-order valence-corrected chi connectivity index (χ0v) is 12.3. The molecule has 0 bridgehead atoms. The molecule has 2 rings (SSSR count). The number of ether oxygens (including phenoxy) is 2. The van der Waals surface area contributed by atoms with E-state index in [-0.39, 0.29) is 5.54 Å². The van der Waals surface area contributed by atoms with E-state index in [0.717, 1.165) is 31.0 Å². The van der Waals surface area contributed by atoms with Gasteiger partial charge in [0.2, 0.25) is 0 Å². The molecule has 1 saturated heterocycles. The zero-order valence-electron chi connectivity index (χ0n) is 12.3. The molecular formula is C15H24N2O2. The van der Waals surface area contributed by atoms with E-state index in [2.05, 4.69) is 29.4 Å². The highest BCUT2D eigenvalue weighted by atomic mass is 16.5. The normalized spacial score (nSPS) is 23.6. The van der Waals surface area contributed by atoms with Gasteiger partial charge >= 0.3 is 0 Å². The average Bonchev–Trinajstić information content (AvgIpc) is 2.81. The highest BCUT2D eigenvalue weighted by molar-refractivity contribution is 5.42. The molecule has 1 aliphatic heterocycles. The molecule has 0 spiro atoms. The zero-order chi connectivity index (χ0) is 13.9. The predicted molar refractivity (Wildman–Crippen MR) is 77.0 cm³/mol. The Hall–Kier alpha value is -1.26. The van der Waals surface area contributed by atoms with Gasteiger partial charge < -0.3 is 14.8 Å². The number of hydrogen-bond donors (Lipinski definition) is 1. The van der Waals surface area contributed by atoms with E-state index < -0.39 is 0 Å². The number of likely N-dealkylation sites (N-methyl/N-ethyl adjacent to an activating group) is 2. The Labute approximate surface area is 115 Å². The summed E-state index contributed by atoms with van der Waals surface area (Å²) in [5, 5.41) is 3.33. The van der Waals surface area contributed by atoms with E-state index in [9.17, 15) is 0 Å². The van der Waals surface area contributed by atoms with E-state index in [0.29, 0.717) is 0 Å². The number of nitrogens with one attached hydrogen (secondary N) is 1. The molecule has 1 unspecified atom stereocenters. The number of nitrogens with zero attached hydrogens (tertiary/aromatic N) is 1.